The Labute approximate surface area is 94.1 Å². The van der Waals surface area contributed by atoms with Gasteiger partial charge < -0.3 is 0 Å². The molecule has 3 nitrogen and oxygen atoms in total. The van der Waals surface area contributed by atoms with Crippen LogP contribution in [0.2, 0.25) is 5.02 Å². The molecule has 1 N–H and O–H groups in total. The summed E-state index contributed by atoms with van der Waals surface area (Å²) in [4.78, 5) is 1.13. The molecule has 0 amide bonds. The number of amidine groups is 2. The van der Waals surface area contributed by atoms with Crippen molar-refractivity contribution in [3.8, 4) is 0 Å². The van der Waals surface area contributed by atoms with E-state index < -0.39 is 0 Å². The molecule has 0 spiro atoms. The standard InChI is InChI=1S/C11H12ClN3/c1-3-10-13-14-11(15(10)2)8-6-4-5-7-9(8)12/h4-7H,3H2,1-2H3/p+1. The summed E-state index contributed by atoms with van der Waals surface area (Å²) < 4.78 is 0. The second-order valence-corrected chi connectivity index (χ2v) is 3.86. The smallest absolute Gasteiger partial charge is 0.240 e. The van der Waals surface area contributed by atoms with Crippen LogP contribution in [0, 0.1) is 0 Å². The third-order valence-corrected chi connectivity index (χ3v) is 2.85. The largest absolute Gasteiger partial charge is 0.260 e. The van der Waals surface area contributed by atoms with Gasteiger partial charge in [0.1, 0.15) is 0 Å². The number of halogens is 1. The molecular formula is C11H13ClN3+. The minimum absolute atomic E-state index is 0.725. The maximum Gasteiger partial charge on any atom is 0.260 e. The molecule has 1 aromatic rings. The average Bonchev–Trinajstić information content (AvgIpc) is 2.60. The second-order valence-electron chi connectivity index (χ2n) is 3.45. The van der Waals surface area contributed by atoms with E-state index in [2.05, 4.69) is 17.1 Å². The van der Waals surface area contributed by atoms with Crippen LogP contribution in [0.4, 0.5) is 0 Å². The molecule has 78 valence electrons. The normalized spacial score (nSPS) is 20.1. The van der Waals surface area contributed by atoms with Crippen LogP contribution in [0.15, 0.2) is 34.5 Å². The zero-order chi connectivity index (χ0) is 10.8. The highest BCUT2D eigenvalue weighted by atomic mass is 35.5. The summed E-state index contributed by atoms with van der Waals surface area (Å²) in [5.41, 5.74) is 0.962. The van der Waals surface area contributed by atoms with Gasteiger partial charge in [-0.2, -0.15) is 0 Å². The highest BCUT2D eigenvalue weighted by molar-refractivity contribution is 6.33. The summed E-state index contributed by atoms with van der Waals surface area (Å²) in [5.74, 6) is 1.95. The zero-order valence-electron chi connectivity index (χ0n) is 8.79. The number of hydrogen-bond donors (Lipinski definition) is 1. The Balaban J connectivity index is 2.33. The first-order valence-electron chi connectivity index (χ1n) is 4.97. The Bertz CT molecular complexity index is 437. The van der Waals surface area contributed by atoms with Crippen LogP contribution in [0.25, 0.3) is 0 Å². The first kappa shape index (κ1) is 10.3. The monoisotopic (exact) mass is 222 g/mol. The molecule has 15 heavy (non-hydrogen) atoms. The van der Waals surface area contributed by atoms with Gasteiger partial charge in [-0.1, -0.05) is 40.9 Å². The van der Waals surface area contributed by atoms with Crippen molar-refractivity contribution < 1.29 is 4.90 Å². The number of rotatable bonds is 2. The fraction of sp³-hybridized carbons (Fsp3) is 0.273. The van der Waals surface area contributed by atoms with E-state index in [1.54, 1.807) is 0 Å². The Morgan fingerprint density at radius 3 is 2.60 bits per heavy atom. The maximum absolute atomic E-state index is 6.12. The van der Waals surface area contributed by atoms with E-state index in [0.29, 0.717) is 0 Å². The highest BCUT2D eigenvalue weighted by Gasteiger charge is 2.26. The van der Waals surface area contributed by atoms with E-state index >= 15 is 0 Å². The molecule has 1 atom stereocenters. The zero-order valence-corrected chi connectivity index (χ0v) is 9.54. The summed E-state index contributed by atoms with van der Waals surface area (Å²) in [5, 5.41) is 9.05. The van der Waals surface area contributed by atoms with Crippen molar-refractivity contribution in [2.24, 2.45) is 10.2 Å². The van der Waals surface area contributed by atoms with Crippen molar-refractivity contribution in [2.75, 3.05) is 7.05 Å². The predicted molar refractivity (Wildman–Crippen MR) is 62.6 cm³/mol. The molecule has 0 saturated heterocycles. The van der Waals surface area contributed by atoms with Gasteiger partial charge in [-0.3, -0.25) is 0 Å². The van der Waals surface area contributed by atoms with E-state index in [1.165, 1.54) is 0 Å². The van der Waals surface area contributed by atoms with E-state index in [0.717, 1.165) is 33.6 Å². The highest BCUT2D eigenvalue weighted by Crippen LogP contribution is 2.15. The summed E-state index contributed by atoms with van der Waals surface area (Å²) in [6.45, 7) is 2.08. The lowest BCUT2D eigenvalue weighted by atomic mass is 10.2. The van der Waals surface area contributed by atoms with Gasteiger partial charge in [-0.05, 0) is 12.1 Å². The van der Waals surface area contributed by atoms with E-state index in [-0.39, 0.29) is 0 Å². The molecular weight excluding hydrogens is 210 g/mol. The summed E-state index contributed by atoms with van der Waals surface area (Å²) in [6, 6.07) is 7.72. The Morgan fingerprint density at radius 1 is 1.27 bits per heavy atom. The summed E-state index contributed by atoms with van der Waals surface area (Å²) in [6.07, 6.45) is 0.906. The number of benzene rings is 1. The summed E-state index contributed by atoms with van der Waals surface area (Å²) >= 11 is 6.12. The molecule has 2 rings (SSSR count). The lowest BCUT2D eigenvalue weighted by Gasteiger charge is -2.09. The lowest BCUT2D eigenvalue weighted by Crippen LogP contribution is -3.13. The second kappa shape index (κ2) is 4.13. The SMILES string of the molecule is CCC1=NN=C(c2ccccc2Cl)[NH+]1C. The average molecular weight is 223 g/mol. The van der Waals surface area contributed by atoms with Crippen LogP contribution in [0.3, 0.4) is 0 Å². The Morgan fingerprint density at radius 2 is 2.00 bits per heavy atom. The number of nitrogens with one attached hydrogen (secondary N) is 1. The molecule has 0 radical (unpaired) electrons. The van der Waals surface area contributed by atoms with Crippen LogP contribution in [0.1, 0.15) is 18.9 Å². The van der Waals surface area contributed by atoms with Gasteiger partial charge in [-0.25, -0.2) is 4.90 Å². The van der Waals surface area contributed by atoms with E-state index in [9.17, 15) is 0 Å². The third kappa shape index (κ3) is 1.80. The van der Waals surface area contributed by atoms with Crippen LogP contribution in [-0.2, 0) is 0 Å². The topological polar surface area (TPSA) is 29.2 Å². The molecule has 1 unspecified atom stereocenters. The molecule has 1 aromatic carbocycles. The van der Waals surface area contributed by atoms with Gasteiger partial charge in [0, 0.05) is 6.42 Å². The lowest BCUT2D eigenvalue weighted by molar-refractivity contribution is -0.672. The fourth-order valence-corrected chi connectivity index (χ4v) is 1.87. The van der Waals surface area contributed by atoms with Gasteiger partial charge >= 0.3 is 0 Å². The van der Waals surface area contributed by atoms with Gasteiger partial charge in [0.25, 0.3) is 5.84 Å². The van der Waals surface area contributed by atoms with Crippen LogP contribution in [-0.4, -0.2) is 18.7 Å². The fourth-order valence-electron chi connectivity index (χ4n) is 1.64. The van der Waals surface area contributed by atoms with Crippen LogP contribution >= 0.6 is 11.6 Å². The molecule has 0 aromatic heterocycles. The minimum Gasteiger partial charge on any atom is -0.240 e. The third-order valence-electron chi connectivity index (χ3n) is 2.52. The molecule has 0 bridgehead atoms. The first-order chi connectivity index (χ1) is 7.24. The predicted octanol–water partition coefficient (Wildman–Crippen LogP) is 1.34. The van der Waals surface area contributed by atoms with Crippen LogP contribution in [0.5, 0.6) is 0 Å². The van der Waals surface area contributed by atoms with Gasteiger partial charge in [0.15, 0.2) is 0 Å². The molecule has 1 aliphatic rings. The molecule has 0 fully saturated rings. The van der Waals surface area contributed by atoms with Crippen molar-refractivity contribution in [3.05, 3.63) is 34.9 Å². The van der Waals surface area contributed by atoms with Gasteiger partial charge in [0.2, 0.25) is 5.84 Å². The molecule has 1 aliphatic heterocycles. The van der Waals surface area contributed by atoms with Crippen molar-refractivity contribution in [2.45, 2.75) is 13.3 Å². The molecule has 1 heterocycles. The van der Waals surface area contributed by atoms with E-state index in [4.69, 9.17) is 11.6 Å². The first-order valence-corrected chi connectivity index (χ1v) is 5.35. The summed E-state index contributed by atoms with van der Waals surface area (Å²) in [7, 11) is 2.04. The molecule has 0 aliphatic carbocycles. The number of nitrogens with zero attached hydrogens (tertiary/aromatic N) is 2. The van der Waals surface area contributed by atoms with Gasteiger partial charge in [-0.15, -0.1) is 0 Å². The van der Waals surface area contributed by atoms with Crippen molar-refractivity contribution in [1.82, 2.24) is 0 Å². The minimum atomic E-state index is 0.725. The van der Waals surface area contributed by atoms with Gasteiger partial charge in [0.05, 0.1) is 17.6 Å². The quantitative estimate of drug-likeness (QED) is 0.783. The maximum atomic E-state index is 6.12. The van der Waals surface area contributed by atoms with E-state index in [1.807, 2.05) is 31.3 Å². The Hall–Kier alpha value is -1.19. The van der Waals surface area contributed by atoms with Crippen molar-refractivity contribution in [1.29, 1.82) is 0 Å². The number of hydrogen-bond acceptors (Lipinski definition) is 2. The van der Waals surface area contributed by atoms with Crippen molar-refractivity contribution in [3.63, 3.8) is 0 Å². The number of quaternary nitrogens is 1. The van der Waals surface area contributed by atoms with Crippen LogP contribution < -0.4 is 4.90 Å². The van der Waals surface area contributed by atoms with Crippen molar-refractivity contribution >= 4 is 23.3 Å². The Kier molecular flexibility index (Phi) is 2.84. The molecule has 4 heteroatoms. The molecule has 0 saturated carbocycles.